The van der Waals surface area contributed by atoms with Gasteiger partial charge in [0.05, 0.1) is 6.33 Å². The van der Waals surface area contributed by atoms with Gasteiger partial charge in [0.1, 0.15) is 9.39 Å². The van der Waals surface area contributed by atoms with Crippen LogP contribution in [0.25, 0.3) is 0 Å². The lowest BCUT2D eigenvalue weighted by molar-refractivity contribution is 0.645. The van der Waals surface area contributed by atoms with Crippen molar-refractivity contribution in [2.45, 2.75) is 26.3 Å². The summed E-state index contributed by atoms with van der Waals surface area (Å²) in [6.45, 7) is 5.62. The number of hydrogen-bond acceptors (Lipinski definition) is 4. The summed E-state index contributed by atoms with van der Waals surface area (Å²) in [5.74, 6) is 0.743. The molecule has 0 spiro atoms. The highest BCUT2D eigenvalue weighted by molar-refractivity contribution is 14.1. The van der Waals surface area contributed by atoms with Gasteiger partial charge in [-0.2, -0.15) is 0 Å². The number of rotatable bonds is 5. The van der Waals surface area contributed by atoms with Crippen LogP contribution < -0.4 is 16.2 Å². The Morgan fingerprint density at radius 1 is 1.62 bits per heavy atom. The molecule has 0 amide bonds. The van der Waals surface area contributed by atoms with E-state index in [0.717, 1.165) is 18.8 Å². The van der Waals surface area contributed by atoms with E-state index in [1.165, 1.54) is 6.33 Å². The van der Waals surface area contributed by atoms with E-state index in [-0.39, 0.29) is 5.56 Å². The Hall–Kier alpha value is -0.630. The lowest BCUT2D eigenvalue weighted by Crippen LogP contribution is -2.35. The Morgan fingerprint density at radius 3 is 2.88 bits per heavy atom. The molecule has 0 atom stereocenters. The minimum Gasteiger partial charge on any atom is -0.353 e. The molecule has 0 radical (unpaired) electrons. The third kappa shape index (κ3) is 3.18. The smallest absolute Gasteiger partial charge is 0.266 e. The number of nitrogens with two attached hydrogens (primary N) is 1. The van der Waals surface area contributed by atoms with Crippen molar-refractivity contribution < 1.29 is 0 Å². The molecule has 1 rings (SSSR count). The Morgan fingerprint density at radius 2 is 2.31 bits per heavy atom. The first-order valence-electron chi connectivity index (χ1n) is 5.27. The van der Waals surface area contributed by atoms with Crippen molar-refractivity contribution in [3.8, 4) is 0 Å². The van der Waals surface area contributed by atoms with Crippen LogP contribution in [-0.2, 0) is 0 Å². The molecule has 5 nitrogen and oxygen atoms in total. The van der Waals surface area contributed by atoms with Crippen molar-refractivity contribution in [3.63, 3.8) is 0 Å². The molecule has 1 aromatic rings. The summed E-state index contributed by atoms with van der Waals surface area (Å²) < 4.78 is 0.630. The first-order valence-corrected chi connectivity index (χ1v) is 6.35. The summed E-state index contributed by atoms with van der Waals surface area (Å²) in [6.07, 6.45) is 2.33. The van der Waals surface area contributed by atoms with Crippen molar-refractivity contribution in [2.75, 3.05) is 18.0 Å². The Bertz CT molecular complexity index is 391. The fraction of sp³-hybridized carbons (Fsp3) is 0.600. The number of aromatic nitrogens is 2. The quantitative estimate of drug-likeness (QED) is 0.785. The molecule has 6 heteroatoms. The first kappa shape index (κ1) is 13.4. The average molecular weight is 336 g/mol. The highest BCUT2D eigenvalue weighted by atomic mass is 127. The topological polar surface area (TPSA) is 75.0 Å². The van der Waals surface area contributed by atoms with Gasteiger partial charge in [-0.25, -0.2) is 4.98 Å². The van der Waals surface area contributed by atoms with Crippen LogP contribution in [0.2, 0.25) is 0 Å². The Balaban J connectivity index is 3.01. The molecule has 0 unspecified atom stereocenters. The lowest BCUT2D eigenvalue weighted by atomic mass is 10.3. The molecule has 16 heavy (non-hydrogen) atoms. The van der Waals surface area contributed by atoms with E-state index >= 15 is 0 Å². The van der Waals surface area contributed by atoms with Gasteiger partial charge in [-0.3, -0.25) is 4.79 Å². The van der Waals surface area contributed by atoms with Crippen molar-refractivity contribution in [2.24, 2.45) is 5.73 Å². The van der Waals surface area contributed by atoms with Gasteiger partial charge in [0.25, 0.3) is 5.56 Å². The molecule has 0 aliphatic carbocycles. The van der Waals surface area contributed by atoms with E-state index in [4.69, 9.17) is 5.73 Å². The Labute approximate surface area is 109 Å². The fourth-order valence-corrected chi connectivity index (χ4v) is 2.05. The second-order valence-corrected chi connectivity index (χ2v) is 4.88. The zero-order valence-electron chi connectivity index (χ0n) is 9.53. The summed E-state index contributed by atoms with van der Waals surface area (Å²) in [5, 5.41) is 0. The highest BCUT2D eigenvalue weighted by Gasteiger charge is 2.16. The van der Waals surface area contributed by atoms with Crippen molar-refractivity contribution in [1.29, 1.82) is 0 Å². The van der Waals surface area contributed by atoms with E-state index in [9.17, 15) is 4.79 Å². The number of anilines is 1. The van der Waals surface area contributed by atoms with Gasteiger partial charge in [0.2, 0.25) is 0 Å². The minimum atomic E-state index is -0.0935. The van der Waals surface area contributed by atoms with E-state index in [2.05, 4.69) is 28.7 Å². The Kier molecular flexibility index (Phi) is 5.20. The molecular formula is C10H17IN4O. The zero-order valence-corrected chi connectivity index (χ0v) is 11.7. The molecule has 90 valence electrons. The number of hydrogen-bond donors (Lipinski definition) is 2. The zero-order chi connectivity index (χ0) is 12.1. The molecule has 0 aromatic carbocycles. The molecule has 0 saturated carbocycles. The summed E-state index contributed by atoms with van der Waals surface area (Å²) in [4.78, 5) is 20.4. The van der Waals surface area contributed by atoms with Crippen molar-refractivity contribution in [1.82, 2.24) is 9.97 Å². The van der Waals surface area contributed by atoms with Gasteiger partial charge in [0.15, 0.2) is 0 Å². The molecule has 0 aliphatic rings. The van der Waals surface area contributed by atoms with E-state index in [1.807, 2.05) is 22.6 Å². The summed E-state index contributed by atoms with van der Waals surface area (Å²) in [7, 11) is 0. The highest BCUT2D eigenvalue weighted by Crippen LogP contribution is 2.18. The third-order valence-electron chi connectivity index (χ3n) is 2.28. The number of nitrogens with one attached hydrogen (secondary N) is 1. The maximum absolute atomic E-state index is 11.5. The van der Waals surface area contributed by atoms with E-state index in [0.29, 0.717) is 16.2 Å². The SMILES string of the molecule is CC(C)N(CCCN)c1nc[nH]c(=O)c1I. The first-order chi connectivity index (χ1) is 7.57. The van der Waals surface area contributed by atoms with Crippen molar-refractivity contribution >= 4 is 28.4 Å². The second-order valence-electron chi connectivity index (χ2n) is 3.80. The maximum Gasteiger partial charge on any atom is 0.266 e. The van der Waals surface area contributed by atoms with Crippen LogP contribution in [0.15, 0.2) is 11.1 Å². The fourth-order valence-electron chi connectivity index (χ4n) is 1.44. The summed E-state index contributed by atoms with van der Waals surface area (Å²) >= 11 is 2.03. The predicted octanol–water partition coefficient (Wildman–Crippen LogP) is 0.938. The predicted molar refractivity (Wildman–Crippen MR) is 73.7 cm³/mol. The maximum atomic E-state index is 11.5. The molecule has 1 aromatic heterocycles. The van der Waals surface area contributed by atoms with Gasteiger partial charge in [-0.05, 0) is 49.4 Å². The molecule has 0 bridgehead atoms. The molecule has 3 N–H and O–H groups in total. The number of aromatic amines is 1. The van der Waals surface area contributed by atoms with Gasteiger partial charge in [-0.15, -0.1) is 0 Å². The molecule has 0 saturated heterocycles. The second kappa shape index (κ2) is 6.19. The summed E-state index contributed by atoms with van der Waals surface area (Å²) in [6, 6.07) is 0.300. The summed E-state index contributed by atoms with van der Waals surface area (Å²) in [5.41, 5.74) is 5.41. The van der Waals surface area contributed by atoms with Crippen LogP contribution in [0.4, 0.5) is 5.82 Å². The van der Waals surface area contributed by atoms with Gasteiger partial charge in [-0.1, -0.05) is 0 Å². The van der Waals surface area contributed by atoms with Crippen LogP contribution in [0.1, 0.15) is 20.3 Å². The largest absolute Gasteiger partial charge is 0.353 e. The van der Waals surface area contributed by atoms with E-state index in [1.54, 1.807) is 0 Å². The van der Waals surface area contributed by atoms with Crippen LogP contribution in [0.3, 0.4) is 0 Å². The van der Waals surface area contributed by atoms with E-state index < -0.39 is 0 Å². The average Bonchev–Trinajstić information content (AvgIpc) is 2.24. The molecule has 1 heterocycles. The van der Waals surface area contributed by atoms with Gasteiger partial charge in [0, 0.05) is 12.6 Å². The van der Waals surface area contributed by atoms with Crippen molar-refractivity contribution in [3.05, 3.63) is 20.3 Å². The van der Waals surface area contributed by atoms with Crippen LogP contribution in [0.5, 0.6) is 0 Å². The third-order valence-corrected chi connectivity index (χ3v) is 3.25. The lowest BCUT2D eigenvalue weighted by Gasteiger charge is -2.28. The number of nitrogens with zero attached hydrogens (tertiary/aromatic N) is 2. The van der Waals surface area contributed by atoms with Gasteiger partial charge >= 0.3 is 0 Å². The van der Waals surface area contributed by atoms with Crippen LogP contribution >= 0.6 is 22.6 Å². The minimum absolute atomic E-state index is 0.0935. The molecule has 0 aliphatic heterocycles. The normalized spacial score (nSPS) is 10.8. The molecular weight excluding hydrogens is 319 g/mol. The van der Waals surface area contributed by atoms with Crippen LogP contribution in [-0.4, -0.2) is 29.1 Å². The molecule has 0 fully saturated rings. The van der Waals surface area contributed by atoms with Crippen LogP contribution in [0, 0.1) is 3.57 Å². The number of H-pyrrole nitrogens is 1. The monoisotopic (exact) mass is 336 g/mol. The number of halogens is 1. The standard InChI is InChI=1S/C10H17IN4O/c1-7(2)15(5-3-4-12)9-8(11)10(16)14-6-13-9/h6-7H,3-5,12H2,1-2H3,(H,13,14,16). The van der Waals surface area contributed by atoms with Gasteiger partial charge < -0.3 is 15.6 Å².